The first kappa shape index (κ1) is 19.8. The van der Waals surface area contributed by atoms with Crippen molar-refractivity contribution in [2.75, 3.05) is 0 Å². The standard InChI is InChI=1S/C28H24N2O3/c1-16-11-20(27-30-28(3)22-7-5-4-6-18(22)15-24(28)33-27)14-21(12-16)32-25-9-8-19-10-17(2)13-23(31)26(19)29-25/h4-14,24,31H,15H2,1-3H3/t24?,28-/m0/s1. The molecule has 164 valence electrons. The highest BCUT2D eigenvalue weighted by Gasteiger charge is 2.49. The van der Waals surface area contributed by atoms with Gasteiger partial charge in [-0.05, 0) is 79.4 Å². The Bertz CT molecular complexity index is 1460. The lowest BCUT2D eigenvalue weighted by Gasteiger charge is -2.20. The fourth-order valence-corrected chi connectivity index (χ4v) is 5.01. The molecule has 0 spiro atoms. The Balaban J connectivity index is 1.34. The molecule has 0 saturated heterocycles. The molecule has 4 aromatic rings. The number of ether oxygens (including phenoxy) is 2. The van der Waals surface area contributed by atoms with Crippen LogP contribution in [0.25, 0.3) is 10.9 Å². The van der Waals surface area contributed by atoms with E-state index < -0.39 is 0 Å². The number of rotatable bonds is 3. The van der Waals surface area contributed by atoms with Crippen molar-refractivity contribution < 1.29 is 14.6 Å². The number of nitrogens with zero attached hydrogens (tertiary/aromatic N) is 2. The number of benzene rings is 3. The zero-order valence-corrected chi connectivity index (χ0v) is 18.8. The summed E-state index contributed by atoms with van der Waals surface area (Å²) in [5.41, 5.74) is 5.61. The molecule has 0 radical (unpaired) electrons. The Morgan fingerprint density at radius 3 is 2.70 bits per heavy atom. The van der Waals surface area contributed by atoms with Gasteiger partial charge in [0, 0.05) is 23.4 Å². The van der Waals surface area contributed by atoms with Crippen LogP contribution in [0.3, 0.4) is 0 Å². The van der Waals surface area contributed by atoms with E-state index in [1.807, 2.05) is 44.2 Å². The molecule has 2 aliphatic rings. The van der Waals surface area contributed by atoms with Gasteiger partial charge in [-0.3, -0.25) is 0 Å². The highest BCUT2D eigenvalue weighted by molar-refractivity contribution is 5.96. The average Bonchev–Trinajstić information content (AvgIpc) is 3.24. The summed E-state index contributed by atoms with van der Waals surface area (Å²) in [6.45, 7) is 6.11. The molecule has 1 aromatic heterocycles. The van der Waals surface area contributed by atoms with Crippen molar-refractivity contribution in [1.82, 2.24) is 4.98 Å². The number of aryl methyl sites for hydroxylation is 2. The van der Waals surface area contributed by atoms with Gasteiger partial charge in [0.1, 0.15) is 28.7 Å². The van der Waals surface area contributed by atoms with E-state index in [-0.39, 0.29) is 17.4 Å². The van der Waals surface area contributed by atoms with Crippen molar-refractivity contribution in [3.63, 3.8) is 0 Å². The molecule has 0 saturated carbocycles. The predicted octanol–water partition coefficient (Wildman–Crippen LogP) is 5.97. The average molecular weight is 437 g/mol. The van der Waals surface area contributed by atoms with Gasteiger partial charge in [0.05, 0.1) is 0 Å². The van der Waals surface area contributed by atoms with Crippen molar-refractivity contribution in [3.8, 4) is 17.4 Å². The second-order valence-electron chi connectivity index (χ2n) is 9.17. The van der Waals surface area contributed by atoms with Crippen LogP contribution in [0.2, 0.25) is 0 Å². The number of hydrogen-bond acceptors (Lipinski definition) is 5. The van der Waals surface area contributed by atoms with Gasteiger partial charge < -0.3 is 14.6 Å². The first-order chi connectivity index (χ1) is 15.9. The highest BCUT2D eigenvalue weighted by Crippen LogP contribution is 2.46. The fraction of sp³-hybridized carbons (Fsp3) is 0.214. The lowest BCUT2D eigenvalue weighted by molar-refractivity contribution is 0.162. The minimum absolute atomic E-state index is 0.00312. The summed E-state index contributed by atoms with van der Waals surface area (Å²) in [5.74, 6) is 1.86. The van der Waals surface area contributed by atoms with E-state index in [2.05, 4.69) is 42.2 Å². The molecule has 5 heteroatoms. The van der Waals surface area contributed by atoms with Crippen molar-refractivity contribution in [1.29, 1.82) is 0 Å². The third-order valence-electron chi connectivity index (χ3n) is 6.59. The third kappa shape index (κ3) is 3.23. The first-order valence-electron chi connectivity index (χ1n) is 11.1. The molecule has 6 rings (SSSR count). The monoisotopic (exact) mass is 436 g/mol. The van der Waals surface area contributed by atoms with Gasteiger partial charge in [0.25, 0.3) is 0 Å². The van der Waals surface area contributed by atoms with Crippen LogP contribution in [0.4, 0.5) is 0 Å². The molecule has 3 aromatic carbocycles. The lowest BCUT2D eigenvalue weighted by Crippen LogP contribution is -2.27. The number of fused-ring (bicyclic) bond motifs is 4. The van der Waals surface area contributed by atoms with Crippen LogP contribution >= 0.6 is 0 Å². The maximum absolute atomic E-state index is 10.3. The van der Waals surface area contributed by atoms with E-state index in [1.54, 1.807) is 6.07 Å². The summed E-state index contributed by atoms with van der Waals surface area (Å²) in [7, 11) is 0. The van der Waals surface area contributed by atoms with E-state index in [0.29, 0.717) is 23.0 Å². The normalized spacial score (nSPS) is 20.8. The molecule has 0 fully saturated rings. The Labute approximate surface area is 192 Å². The van der Waals surface area contributed by atoms with Crippen LogP contribution in [-0.2, 0) is 16.7 Å². The van der Waals surface area contributed by atoms with Gasteiger partial charge in [-0.25, -0.2) is 9.98 Å². The summed E-state index contributed by atoms with van der Waals surface area (Å²) in [5, 5.41) is 11.2. The number of aromatic nitrogens is 1. The highest BCUT2D eigenvalue weighted by atomic mass is 16.5. The van der Waals surface area contributed by atoms with E-state index >= 15 is 0 Å². The topological polar surface area (TPSA) is 63.9 Å². The molecule has 1 aliphatic carbocycles. The molecule has 2 heterocycles. The maximum Gasteiger partial charge on any atom is 0.219 e. The zero-order valence-electron chi connectivity index (χ0n) is 18.8. The van der Waals surface area contributed by atoms with Gasteiger partial charge in [-0.15, -0.1) is 0 Å². The first-order valence-corrected chi connectivity index (χ1v) is 11.1. The van der Waals surface area contributed by atoms with E-state index in [4.69, 9.17) is 14.5 Å². The maximum atomic E-state index is 10.3. The van der Waals surface area contributed by atoms with Gasteiger partial charge in [-0.1, -0.05) is 24.3 Å². The molecule has 33 heavy (non-hydrogen) atoms. The summed E-state index contributed by atoms with van der Waals surface area (Å²) in [6, 6.07) is 21.8. The van der Waals surface area contributed by atoms with Gasteiger partial charge in [0.2, 0.25) is 11.8 Å². The lowest BCUT2D eigenvalue weighted by atomic mass is 9.94. The number of phenols is 1. The predicted molar refractivity (Wildman–Crippen MR) is 128 cm³/mol. The zero-order chi connectivity index (χ0) is 22.7. The van der Waals surface area contributed by atoms with Crippen LogP contribution in [0.15, 0.2) is 71.7 Å². The van der Waals surface area contributed by atoms with Gasteiger partial charge >= 0.3 is 0 Å². The molecule has 2 atom stereocenters. The number of pyridine rings is 1. The minimum Gasteiger partial charge on any atom is -0.506 e. The van der Waals surface area contributed by atoms with E-state index in [0.717, 1.165) is 28.5 Å². The number of hydrogen-bond donors (Lipinski definition) is 1. The molecular formula is C28H24N2O3. The van der Waals surface area contributed by atoms with Crippen LogP contribution < -0.4 is 4.74 Å². The molecule has 1 unspecified atom stereocenters. The Kier molecular flexibility index (Phi) is 4.24. The Hall–Kier alpha value is -3.86. The third-order valence-corrected chi connectivity index (χ3v) is 6.59. The van der Waals surface area contributed by atoms with Crippen molar-refractivity contribution >= 4 is 16.8 Å². The second kappa shape index (κ2) is 7.07. The minimum atomic E-state index is -0.369. The molecule has 1 aliphatic heterocycles. The van der Waals surface area contributed by atoms with Gasteiger partial charge in [-0.2, -0.15) is 0 Å². The Morgan fingerprint density at radius 2 is 1.82 bits per heavy atom. The molecular weight excluding hydrogens is 412 g/mol. The van der Waals surface area contributed by atoms with Crippen LogP contribution in [0, 0.1) is 13.8 Å². The van der Waals surface area contributed by atoms with Crippen LogP contribution in [0.5, 0.6) is 17.4 Å². The van der Waals surface area contributed by atoms with E-state index in [1.165, 1.54) is 11.1 Å². The Morgan fingerprint density at radius 1 is 1.00 bits per heavy atom. The molecule has 5 nitrogen and oxygen atoms in total. The number of aliphatic imine (C=N–C) groups is 1. The van der Waals surface area contributed by atoms with Crippen molar-refractivity contribution in [2.45, 2.75) is 38.8 Å². The van der Waals surface area contributed by atoms with Crippen molar-refractivity contribution in [3.05, 3.63) is 94.5 Å². The summed E-state index contributed by atoms with van der Waals surface area (Å²) in [6.07, 6.45) is 0.863. The SMILES string of the molecule is Cc1cc(Oc2ccc3cc(C)cc(O)c3n2)cc(C2=N[C@@]3(C)c4ccccc4CC3O2)c1. The summed E-state index contributed by atoms with van der Waals surface area (Å²) >= 11 is 0. The molecule has 0 bridgehead atoms. The van der Waals surface area contributed by atoms with Crippen LogP contribution in [0.1, 0.15) is 34.7 Å². The molecule has 0 amide bonds. The smallest absolute Gasteiger partial charge is 0.219 e. The van der Waals surface area contributed by atoms with Gasteiger partial charge in [0.15, 0.2) is 0 Å². The summed E-state index contributed by atoms with van der Waals surface area (Å²) in [4.78, 5) is 9.55. The molecule has 1 N–H and O–H groups in total. The number of aromatic hydroxyl groups is 1. The summed E-state index contributed by atoms with van der Waals surface area (Å²) < 4.78 is 12.4. The largest absolute Gasteiger partial charge is 0.506 e. The van der Waals surface area contributed by atoms with Crippen molar-refractivity contribution in [2.24, 2.45) is 4.99 Å². The van der Waals surface area contributed by atoms with Crippen LogP contribution in [-0.4, -0.2) is 22.1 Å². The fourth-order valence-electron chi connectivity index (χ4n) is 5.01. The second-order valence-corrected chi connectivity index (χ2v) is 9.17. The number of phenolic OH excluding ortho intramolecular Hbond substituents is 1. The quantitative estimate of drug-likeness (QED) is 0.430. The van der Waals surface area contributed by atoms with E-state index in [9.17, 15) is 5.11 Å².